The van der Waals surface area contributed by atoms with Crippen LogP contribution >= 0.6 is 0 Å². The highest BCUT2D eigenvalue weighted by atomic mass is 14.3. The Bertz CT molecular complexity index is 78.0. The molecule has 0 radical (unpaired) electrons. The maximum atomic E-state index is 2.30. The largest absolute Gasteiger partial charge is 0.0683 e. The van der Waals surface area contributed by atoms with Crippen molar-refractivity contribution in [2.45, 2.75) is 67.7 Å². The Morgan fingerprint density at radius 2 is 1.38 bits per heavy atom. The Morgan fingerprint density at radius 1 is 1.08 bits per heavy atom. The van der Waals surface area contributed by atoms with E-state index in [9.17, 15) is 0 Å². The van der Waals surface area contributed by atoms with E-state index < -0.39 is 0 Å². The van der Waals surface area contributed by atoms with Crippen LogP contribution in [0.2, 0.25) is 0 Å². The predicted molar refractivity (Wildman–Crippen MR) is 64.0 cm³/mol. The standard InChI is InChI=1S/C6H14.C5H10.C2H6/c1-4-5-6(2)3;1-4-3-5(4)2;1-2/h6H,4-5H2,1-3H3;4-5H,3H2,1-2H3;1-2H3. The molecule has 82 valence electrons. The highest BCUT2D eigenvalue weighted by Gasteiger charge is 2.26. The summed E-state index contributed by atoms with van der Waals surface area (Å²) >= 11 is 0. The molecule has 1 aliphatic rings. The maximum Gasteiger partial charge on any atom is -0.0414 e. The fourth-order valence-electron chi connectivity index (χ4n) is 1.09. The van der Waals surface area contributed by atoms with E-state index in [1.807, 2.05) is 13.8 Å². The van der Waals surface area contributed by atoms with Crippen LogP contribution in [-0.4, -0.2) is 0 Å². The van der Waals surface area contributed by atoms with Gasteiger partial charge in [0.25, 0.3) is 0 Å². The first-order chi connectivity index (χ1) is 6.07. The summed E-state index contributed by atoms with van der Waals surface area (Å²) in [7, 11) is 0. The summed E-state index contributed by atoms with van der Waals surface area (Å²) < 4.78 is 0. The smallest absolute Gasteiger partial charge is 0.0414 e. The molecule has 13 heavy (non-hydrogen) atoms. The van der Waals surface area contributed by atoms with Crippen molar-refractivity contribution in [3.63, 3.8) is 0 Å². The van der Waals surface area contributed by atoms with Gasteiger partial charge in [0.2, 0.25) is 0 Å². The van der Waals surface area contributed by atoms with Gasteiger partial charge < -0.3 is 0 Å². The van der Waals surface area contributed by atoms with Crippen LogP contribution in [0.3, 0.4) is 0 Å². The summed E-state index contributed by atoms with van der Waals surface area (Å²) in [6.45, 7) is 15.3. The zero-order valence-electron chi connectivity index (χ0n) is 10.9. The molecule has 1 aliphatic carbocycles. The molecule has 0 aromatic carbocycles. The molecule has 0 heteroatoms. The molecule has 0 aliphatic heterocycles. The molecule has 1 rings (SSSR count). The Morgan fingerprint density at radius 3 is 1.38 bits per heavy atom. The molecule has 0 N–H and O–H groups in total. The first kappa shape index (κ1) is 15.5. The molecule has 0 heterocycles. The normalized spacial score (nSPS) is 24.0. The van der Waals surface area contributed by atoms with Gasteiger partial charge in [0.1, 0.15) is 0 Å². The van der Waals surface area contributed by atoms with Crippen LogP contribution in [0, 0.1) is 17.8 Å². The predicted octanol–water partition coefficient (Wildman–Crippen LogP) is 5.13. The monoisotopic (exact) mass is 186 g/mol. The topological polar surface area (TPSA) is 0 Å². The minimum atomic E-state index is 0.898. The zero-order valence-corrected chi connectivity index (χ0v) is 10.9. The van der Waals surface area contributed by atoms with Gasteiger partial charge in [0.15, 0.2) is 0 Å². The van der Waals surface area contributed by atoms with Gasteiger partial charge in [-0.05, 0) is 24.2 Å². The fourth-order valence-corrected chi connectivity index (χ4v) is 1.09. The summed E-state index contributed by atoms with van der Waals surface area (Å²) in [5.41, 5.74) is 0. The quantitative estimate of drug-likeness (QED) is 0.561. The average molecular weight is 186 g/mol. The van der Waals surface area contributed by atoms with Gasteiger partial charge >= 0.3 is 0 Å². The van der Waals surface area contributed by atoms with Crippen LogP contribution < -0.4 is 0 Å². The van der Waals surface area contributed by atoms with E-state index in [0.29, 0.717) is 0 Å². The van der Waals surface area contributed by atoms with Crippen LogP contribution in [0.25, 0.3) is 0 Å². The molecule has 0 amide bonds. The Balaban J connectivity index is 0. The molecule has 0 spiro atoms. The molecule has 2 unspecified atom stereocenters. The summed E-state index contributed by atoms with van der Waals surface area (Å²) in [5, 5.41) is 0. The molecule has 1 saturated carbocycles. The van der Waals surface area contributed by atoms with Gasteiger partial charge in [-0.1, -0.05) is 61.3 Å². The van der Waals surface area contributed by atoms with Gasteiger partial charge in [0, 0.05) is 0 Å². The van der Waals surface area contributed by atoms with Crippen LogP contribution in [0.4, 0.5) is 0 Å². The SMILES string of the molecule is CC.CC1CC1C.CCCC(C)C. The molecular formula is C13H30. The molecule has 0 aromatic rings. The second kappa shape index (κ2) is 10.1. The van der Waals surface area contributed by atoms with E-state index in [1.54, 1.807) is 0 Å². The zero-order chi connectivity index (χ0) is 10.9. The van der Waals surface area contributed by atoms with E-state index in [4.69, 9.17) is 0 Å². The second-order valence-electron chi connectivity index (χ2n) is 4.37. The van der Waals surface area contributed by atoms with Crippen molar-refractivity contribution >= 4 is 0 Å². The Kier molecular flexibility index (Phi) is 12.0. The lowest BCUT2D eigenvalue weighted by atomic mass is 10.1. The minimum absolute atomic E-state index is 0.898. The average Bonchev–Trinajstić information content (AvgIpc) is 2.69. The number of hydrogen-bond donors (Lipinski definition) is 0. The van der Waals surface area contributed by atoms with Gasteiger partial charge in [0.05, 0.1) is 0 Å². The van der Waals surface area contributed by atoms with Crippen LogP contribution in [-0.2, 0) is 0 Å². The molecule has 1 fully saturated rings. The summed E-state index contributed by atoms with van der Waals surface area (Å²) in [6.07, 6.45) is 4.18. The number of hydrogen-bond acceptors (Lipinski definition) is 0. The van der Waals surface area contributed by atoms with Crippen molar-refractivity contribution in [3.05, 3.63) is 0 Å². The highest BCUT2D eigenvalue weighted by molar-refractivity contribution is 4.76. The van der Waals surface area contributed by atoms with Crippen molar-refractivity contribution in [3.8, 4) is 0 Å². The third-order valence-electron chi connectivity index (χ3n) is 2.38. The van der Waals surface area contributed by atoms with Gasteiger partial charge in [-0.15, -0.1) is 0 Å². The molecule has 0 saturated heterocycles. The van der Waals surface area contributed by atoms with Crippen molar-refractivity contribution in [1.29, 1.82) is 0 Å². The lowest BCUT2D eigenvalue weighted by molar-refractivity contribution is 0.576. The van der Waals surface area contributed by atoms with Crippen molar-refractivity contribution < 1.29 is 0 Å². The molecular weight excluding hydrogens is 156 g/mol. The Labute approximate surface area is 86.1 Å². The fraction of sp³-hybridized carbons (Fsp3) is 1.00. The lowest BCUT2D eigenvalue weighted by Crippen LogP contribution is -1.81. The van der Waals surface area contributed by atoms with Crippen LogP contribution in [0.1, 0.15) is 67.7 Å². The van der Waals surface area contributed by atoms with Gasteiger partial charge in [-0.3, -0.25) is 0 Å². The third kappa shape index (κ3) is 14.8. The maximum absolute atomic E-state index is 2.30. The second-order valence-corrected chi connectivity index (χ2v) is 4.37. The van der Waals surface area contributed by atoms with Crippen LogP contribution in [0.5, 0.6) is 0 Å². The van der Waals surface area contributed by atoms with E-state index in [1.165, 1.54) is 19.3 Å². The van der Waals surface area contributed by atoms with E-state index in [2.05, 4.69) is 34.6 Å². The molecule has 0 aromatic heterocycles. The molecule has 2 atom stereocenters. The molecule has 0 bridgehead atoms. The molecule has 0 nitrogen and oxygen atoms in total. The van der Waals surface area contributed by atoms with E-state index >= 15 is 0 Å². The van der Waals surface area contributed by atoms with Gasteiger partial charge in [-0.2, -0.15) is 0 Å². The first-order valence-corrected chi connectivity index (χ1v) is 6.07. The summed E-state index contributed by atoms with van der Waals surface area (Å²) in [4.78, 5) is 0. The minimum Gasteiger partial charge on any atom is -0.0683 e. The van der Waals surface area contributed by atoms with Crippen molar-refractivity contribution in [2.24, 2.45) is 17.8 Å². The van der Waals surface area contributed by atoms with E-state index in [-0.39, 0.29) is 0 Å². The van der Waals surface area contributed by atoms with Gasteiger partial charge in [-0.25, -0.2) is 0 Å². The van der Waals surface area contributed by atoms with Crippen molar-refractivity contribution in [2.75, 3.05) is 0 Å². The lowest BCUT2D eigenvalue weighted by Gasteiger charge is -1.95. The summed E-state index contributed by atoms with van der Waals surface area (Å²) in [6, 6.07) is 0. The summed E-state index contributed by atoms with van der Waals surface area (Å²) in [5.74, 6) is 3.00. The first-order valence-electron chi connectivity index (χ1n) is 6.07. The third-order valence-corrected chi connectivity index (χ3v) is 2.38. The van der Waals surface area contributed by atoms with Crippen LogP contribution in [0.15, 0.2) is 0 Å². The van der Waals surface area contributed by atoms with E-state index in [0.717, 1.165) is 17.8 Å². The Hall–Kier alpha value is 0. The number of rotatable bonds is 2. The highest BCUT2D eigenvalue weighted by Crippen LogP contribution is 2.36. The van der Waals surface area contributed by atoms with Crippen molar-refractivity contribution in [1.82, 2.24) is 0 Å².